The van der Waals surface area contributed by atoms with E-state index in [9.17, 15) is 13.6 Å². The van der Waals surface area contributed by atoms with Gasteiger partial charge in [-0.1, -0.05) is 13.8 Å². The lowest BCUT2D eigenvalue weighted by atomic mass is 10.2. The Morgan fingerprint density at radius 2 is 2.00 bits per heavy atom. The summed E-state index contributed by atoms with van der Waals surface area (Å²) in [6, 6.07) is 0. The molecule has 0 bridgehead atoms. The van der Waals surface area contributed by atoms with Gasteiger partial charge in [-0.2, -0.15) is 0 Å². The Morgan fingerprint density at radius 3 is 2.57 bits per heavy atom. The number of hydrogen-bond acceptors (Lipinski definition) is 5. The number of alkyl halides is 2. The van der Waals surface area contributed by atoms with Crippen molar-refractivity contribution in [1.29, 1.82) is 0 Å². The van der Waals surface area contributed by atoms with Crippen LogP contribution in [0.1, 0.15) is 37.7 Å². The van der Waals surface area contributed by atoms with Gasteiger partial charge >= 0.3 is 6.09 Å². The molecule has 0 aliphatic carbocycles. The van der Waals surface area contributed by atoms with E-state index < -0.39 is 18.6 Å². The maximum atomic E-state index is 12.6. The van der Waals surface area contributed by atoms with Crippen LogP contribution in [0.3, 0.4) is 0 Å². The minimum atomic E-state index is -3.04. The average molecular weight is 302 g/mol. The van der Waals surface area contributed by atoms with E-state index in [0.29, 0.717) is 18.3 Å². The molecule has 0 unspecified atom stereocenters. The van der Waals surface area contributed by atoms with Crippen molar-refractivity contribution in [1.82, 2.24) is 14.9 Å². The molecule has 0 aromatic carbocycles. The molecule has 0 saturated heterocycles. The lowest BCUT2D eigenvalue weighted by molar-refractivity contribution is -0.0455. The summed E-state index contributed by atoms with van der Waals surface area (Å²) in [5.41, 5.74) is 7.61. The predicted molar refractivity (Wildman–Crippen MR) is 73.7 cm³/mol. The summed E-state index contributed by atoms with van der Waals surface area (Å²) in [5, 5.41) is 0. The van der Waals surface area contributed by atoms with Crippen LogP contribution >= 0.6 is 0 Å². The number of anilines is 1. The van der Waals surface area contributed by atoms with E-state index in [1.165, 1.54) is 4.90 Å². The van der Waals surface area contributed by atoms with Gasteiger partial charge in [-0.25, -0.2) is 23.5 Å². The highest BCUT2D eigenvalue weighted by molar-refractivity contribution is 5.68. The van der Waals surface area contributed by atoms with E-state index in [-0.39, 0.29) is 19.0 Å². The molecule has 1 amide bonds. The molecule has 0 saturated carbocycles. The topological polar surface area (TPSA) is 81.3 Å². The van der Waals surface area contributed by atoms with Gasteiger partial charge in [-0.15, -0.1) is 0 Å². The molecule has 118 valence electrons. The third-order valence-corrected chi connectivity index (χ3v) is 2.71. The molecule has 0 spiro atoms. The SMILES string of the molecule is CC.Cc1nc(N)nc2c1CN(C(=O)OCC(C)(F)F)C2. The number of aromatic nitrogens is 2. The summed E-state index contributed by atoms with van der Waals surface area (Å²) in [6.07, 6.45) is -0.794. The number of rotatable bonds is 2. The normalized spacial score (nSPS) is 13.3. The lowest BCUT2D eigenvalue weighted by Crippen LogP contribution is -2.30. The Labute approximate surface area is 122 Å². The number of aryl methyl sites for hydroxylation is 1. The first kappa shape index (κ1) is 17.1. The van der Waals surface area contributed by atoms with Crippen molar-refractivity contribution < 1.29 is 18.3 Å². The second kappa shape index (κ2) is 6.64. The number of carbonyl (C=O) groups excluding carboxylic acids is 1. The van der Waals surface area contributed by atoms with Gasteiger partial charge in [-0.05, 0) is 6.92 Å². The zero-order chi connectivity index (χ0) is 16.2. The van der Waals surface area contributed by atoms with Gasteiger partial charge in [0.2, 0.25) is 5.95 Å². The first-order chi connectivity index (χ1) is 9.76. The molecule has 0 radical (unpaired) electrons. The Morgan fingerprint density at radius 1 is 1.38 bits per heavy atom. The van der Waals surface area contributed by atoms with Crippen LogP contribution in [0, 0.1) is 6.92 Å². The van der Waals surface area contributed by atoms with Crippen LogP contribution in [-0.4, -0.2) is 33.5 Å². The van der Waals surface area contributed by atoms with Crippen LogP contribution in [0.25, 0.3) is 0 Å². The smallest absolute Gasteiger partial charge is 0.410 e. The fourth-order valence-corrected chi connectivity index (χ4v) is 1.85. The molecule has 21 heavy (non-hydrogen) atoms. The summed E-state index contributed by atoms with van der Waals surface area (Å²) in [5.74, 6) is -2.91. The number of carbonyl (C=O) groups is 1. The highest BCUT2D eigenvalue weighted by Crippen LogP contribution is 2.24. The van der Waals surface area contributed by atoms with Gasteiger partial charge in [0.05, 0.1) is 18.8 Å². The molecular formula is C13H20F2N4O2. The van der Waals surface area contributed by atoms with Crippen molar-refractivity contribution in [2.45, 2.75) is 46.7 Å². The molecule has 6 nitrogen and oxygen atoms in total. The molecule has 2 rings (SSSR count). The van der Waals surface area contributed by atoms with E-state index in [1.807, 2.05) is 13.8 Å². The van der Waals surface area contributed by atoms with Crippen molar-refractivity contribution in [2.24, 2.45) is 0 Å². The molecule has 1 aliphatic rings. The second-order valence-electron chi connectivity index (χ2n) is 4.57. The Bertz CT molecular complexity index is 518. The largest absolute Gasteiger partial charge is 0.443 e. The van der Waals surface area contributed by atoms with Crippen molar-refractivity contribution >= 4 is 12.0 Å². The van der Waals surface area contributed by atoms with Gasteiger partial charge in [-0.3, -0.25) is 4.90 Å². The summed E-state index contributed by atoms with van der Waals surface area (Å²) < 4.78 is 29.8. The highest BCUT2D eigenvalue weighted by Gasteiger charge is 2.30. The van der Waals surface area contributed by atoms with Crippen LogP contribution in [0.2, 0.25) is 0 Å². The number of ether oxygens (including phenoxy) is 1. The van der Waals surface area contributed by atoms with E-state index >= 15 is 0 Å². The molecule has 1 aromatic rings. The van der Waals surface area contributed by atoms with Gasteiger partial charge < -0.3 is 10.5 Å². The molecule has 0 fully saturated rings. The fourth-order valence-electron chi connectivity index (χ4n) is 1.85. The van der Waals surface area contributed by atoms with E-state index in [1.54, 1.807) is 6.92 Å². The van der Waals surface area contributed by atoms with Gasteiger partial charge in [0.1, 0.15) is 0 Å². The van der Waals surface area contributed by atoms with Crippen molar-refractivity contribution in [3.63, 3.8) is 0 Å². The molecule has 2 N–H and O–H groups in total. The summed E-state index contributed by atoms with van der Waals surface area (Å²) in [6.45, 7) is 5.94. The van der Waals surface area contributed by atoms with E-state index in [0.717, 1.165) is 5.56 Å². The summed E-state index contributed by atoms with van der Waals surface area (Å²) in [4.78, 5) is 21.0. The minimum Gasteiger partial charge on any atom is -0.443 e. The monoisotopic (exact) mass is 302 g/mol. The van der Waals surface area contributed by atoms with E-state index in [2.05, 4.69) is 14.7 Å². The van der Waals surface area contributed by atoms with E-state index in [4.69, 9.17) is 5.73 Å². The van der Waals surface area contributed by atoms with Crippen molar-refractivity contribution in [3.8, 4) is 0 Å². The van der Waals surface area contributed by atoms with Crippen LogP contribution in [-0.2, 0) is 17.8 Å². The Balaban J connectivity index is 0.00000106. The molecule has 1 aromatic heterocycles. The average Bonchev–Trinajstić information content (AvgIpc) is 2.81. The molecule has 8 heteroatoms. The number of hydrogen-bond donors (Lipinski definition) is 1. The number of nitrogens with two attached hydrogens (primary N) is 1. The quantitative estimate of drug-likeness (QED) is 0.907. The Hall–Kier alpha value is -1.99. The number of fused-ring (bicyclic) bond motifs is 1. The van der Waals surface area contributed by atoms with Crippen LogP contribution < -0.4 is 5.73 Å². The third kappa shape index (κ3) is 4.51. The van der Waals surface area contributed by atoms with Gasteiger partial charge in [0.25, 0.3) is 5.92 Å². The first-order valence-corrected chi connectivity index (χ1v) is 6.67. The maximum absolute atomic E-state index is 12.6. The van der Waals surface area contributed by atoms with Gasteiger partial charge in [0, 0.05) is 18.2 Å². The number of nitrogens with zero attached hydrogens (tertiary/aromatic N) is 3. The molecular weight excluding hydrogens is 282 g/mol. The molecule has 2 heterocycles. The number of amides is 1. The Kier molecular flexibility index (Phi) is 5.40. The van der Waals surface area contributed by atoms with Crippen molar-refractivity contribution in [2.75, 3.05) is 12.3 Å². The van der Waals surface area contributed by atoms with Crippen molar-refractivity contribution in [3.05, 3.63) is 17.0 Å². The third-order valence-electron chi connectivity index (χ3n) is 2.71. The van der Waals surface area contributed by atoms with Crippen LogP contribution in [0.5, 0.6) is 0 Å². The number of nitrogen functional groups attached to an aromatic ring is 1. The molecule has 1 aliphatic heterocycles. The highest BCUT2D eigenvalue weighted by atomic mass is 19.3. The van der Waals surface area contributed by atoms with Gasteiger partial charge in [0.15, 0.2) is 6.61 Å². The minimum absolute atomic E-state index is 0.131. The predicted octanol–water partition coefficient (Wildman–Crippen LogP) is 2.50. The second-order valence-corrected chi connectivity index (χ2v) is 4.57. The summed E-state index contributed by atoms with van der Waals surface area (Å²) >= 11 is 0. The van der Waals surface area contributed by atoms with Crippen LogP contribution in [0.15, 0.2) is 0 Å². The molecule has 0 atom stereocenters. The maximum Gasteiger partial charge on any atom is 0.410 e. The fraction of sp³-hybridized carbons (Fsp3) is 0.615. The zero-order valence-electron chi connectivity index (χ0n) is 12.6. The lowest BCUT2D eigenvalue weighted by Gasteiger charge is -2.17. The summed E-state index contributed by atoms with van der Waals surface area (Å²) in [7, 11) is 0. The zero-order valence-corrected chi connectivity index (χ0v) is 12.6. The van der Waals surface area contributed by atoms with Crippen LogP contribution in [0.4, 0.5) is 19.5 Å². The standard InChI is InChI=1S/C11H14F2N4O2.C2H6/c1-6-7-3-17(4-8(7)16-9(14)15-6)10(18)19-5-11(2,12)13;1-2/h3-5H2,1-2H3,(H2,14,15,16);1-2H3. The number of halogens is 2. The first-order valence-electron chi connectivity index (χ1n) is 6.67.